The number of rotatable bonds is 8. The Balaban J connectivity index is 1.82. The molecule has 1 saturated carbocycles. The molecule has 1 aliphatic rings. The number of carbonyl (C=O) groups excluding carboxylic acids is 2. The highest BCUT2D eigenvalue weighted by atomic mass is 16.2. The molecule has 32 heavy (non-hydrogen) atoms. The fourth-order valence-corrected chi connectivity index (χ4v) is 4.80. The molecule has 2 aromatic rings. The third-order valence-electron chi connectivity index (χ3n) is 6.45. The highest BCUT2D eigenvalue weighted by molar-refractivity contribution is 5.88. The van der Waals surface area contributed by atoms with Crippen LogP contribution in [0.2, 0.25) is 0 Å². The Hall–Kier alpha value is -2.62. The van der Waals surface area contributed by atoms with Gasteiger partial charge in [-0.2, -0.15) is 0 Å². The van der Waals surface area contributed by atoms with E-state index in [2.05, 4.69) is 68.6 Å². The summed E-state index contributed by atoms with van der Waals surface area (Å²) in [6, 6.07) is 14.3. The molecule has 4 nitrogen and oxygen atoms in total. The molecule has 0 unspecified atom stereocenters. The van der Waals surface area contributed by atoms with Crippen molar-refractivity contribution in [1.29, 1.82) is 0 Å². The molecular formula is C28H38N2O2. The van der Waals surface area contributed by atoms with Crippen molar-refractivity contribution in [2.75, 3.05) is 0 Å². The average molecular weight is 435 g/mol. The second-order valence-electron chi connectivity index (χ2n) is 9.45. The van der Waals surface area contributed by atoms with Crippen molar-refractivity contribution in [1.82, 2.24) is 10.2 Å². The third-order valence-corrected chi connectivity index (χ3v) is 6.45. The van der Waals surface area contributed by atoms with Gasteiger partial charge in [0.2, 0.25) is 11.8 Å². The predicted octanol–water partition coefficient (Wildman–Crippen LogP) is 5.41. The molecule has 172 valence electrons. The predicted molar refractivity (Wildman–Crippen MR) is 130 cm³/mol. The van der Waals surface area contributed by atoms with E-state index in [1.807, 2.05) is 6.92 Å². The van der Waals surface area contributed by atoms with Crippen LogP contribution in [0.5, 0.6) is 0 Å². The molecule has 1 atom stereocenters. The quantitative estimate of drug-likeness (QED) is 0.604. The van der Waals surface area contributed by atoms with Crippen LogP contribution in [0.25, 0.3) is 0 Å². The normalized spacial score (nSPS) is 15.2. The van der Waals surface area contributed by atoms with Crippen LogP contribution in [-0.2, 0) is 22.6 Å². The summed E-state index contributed by atoms with van der Waals surface area (Å²) in [6.45, 7) is 8.60. The van der Waals surface area contributed by atoms with Gasteiger partial charge in [-0.1, -0.05) is 85.3 Å². The van der Waals surface area contributed by atoms with Crippen LogP contribution in [0.15, 0.2) is 42.5 Å². The monoisotopic (exact) mass is 434 g/mol. The van der Waals surface area contributed by atoms with E-state index < -0.39 is 6.04 Å². The number of nitrogens with zero attached hydrogens (tertiary/aromatic N) is 1. The molecule has 1 aliphatic carbocycles. The van der Waals surface area contributed by atoms with E-state index in [1.54, 1.807) is 4.90 Å². The fraction of sp³-hybridized carbons (Fsp3) is 0.500. The summed E-state index contributed by atoms with van der Waals surface area (Å²) in [7, 11) is 0. The van der Waals surface area contributed by atoms with E-state index in [4.69, 9.17) is 0 Å². The number of aryl methyl sites for hydroxylation is 3. The minimum atomic E-state index is -0.461. The van der Waals surface area contributed by atoms with E-state index in [0.717, 1.165) is 35.1 Å². The van der Waals surface area contributed by atoms with Crippen molar-refractivity contribution in [2.24, 2.45) is 0 Å². The lowest BCUT2D eigenvalue weighted by atomic mass is 9.95. The summed E-state index contributed by atoms with van der Waals surface area (Å²) in [5.74, 6) is -0.0125. The maximum absolute atomic E-state index is 13.5. The summed E-state index contributed by atoms with van der Waals surface area (Å²) in [4.78, 5) is 28.6. The van der Waals surface area contributed by atoms with E-state index in [1.165, 1.54) is 24.8 Å². The first-order chi connectivity index (χ1) is 15.4. The van der Waals surface area contributed by atoms with Gasteiger partial charge in [0.15, 0.2) is 0 Å². The van der Waals surface area contributed by atoms with Crippen LogP contribution >= 0.6 is 0 Å². The van der Waals surface area contributed by atoms with Crippen LogP contribution in [0.1, 0.15) is 73.3 Å². The van der Waals surface area contributed by atoms with Gasteiger partial charge in [-0.15, -0.1) is 0 Å². The Labute approximate surface area is 193 Å². The van der Waals surface area contributed by atoms with Gasteiger partial charge < -0.3 is 10.2 Å². The third kappa shape index (κ3) is 6.69. The zero-order valence-electron chi connectivity index (χ0n) is 20.1. The van der Waals surface area contributed by atoms with Crippen molar-refractivity contribution >= 4 is 11.8 Å². The Morgan fingerprint density at radius 3 is 2.12 bits per heavy atom. The molecule has 0 aromatic heterocycles. The van der Waals surface area contributed by atoms with Gasteiger partial charge in [0.25, 0.3) is 0 Å². The van der Waals surface area contributed by atoms with Crippen LogP contribution in [0, 0.1) is 20.8 Å². The zero-order valence-corrected chi connectivity index (χ0v) is 20.1. The number of hydrogen-bond acceptors (Lipinski definition) is 2. The number of carbonyl (C=O) groups is 2. The lowest BCUT2D eigenvalue weighted by Gasteiger charge is -2.33. The topological polar surface area (TPSA) is 49.4 Å². The summed E-state index contributed by atoms with van der Waals surface area (Å²) in [5.41, 5.74) is 5.54. The molecule has 0 spiro atoms. The molecule has 2 aromatic carbocycles. The van der Waals surface area contributed by atoms with Gasteiger partial charge in [-0.3, -0.25) is 9.59 Å². The molecule has 3 rings (SSSR count). The van der Waals surface area contributed by atoms with E-state index >= 15 is 0 Å². The minimum Gasteiger partial charge on any atom is -0.352 e. The van der Waals surface area contributed by atoms with Crippen molar-refractivity contribution in [3.63, 3.8) is 0 Å². The second kappa shape index (κ2) is 11.3. The lowest BCUT2D eigenvalue weighted by Crippen LogP contribution is -2.51. The van der Waals surface area contributed by atoms with Crippen LogP contribution < -0.4 is 5.32 Å². The molecule has 1 fully saturated rings. The first-order valence-electron chi connectivity index (χ1n) is 12.1. The van der Waals surface area contributed by atoms with Crippen LogP contribution in [0.3, 0.4) is 0 Å². The van der Waals surface area contributed by atoms with Crippen molar-refractivity contribution in [2.45, 2.75) is 91.3 Å². The summed E-state index contributed by atoms with van der Waals surface area (Å²) >= 11 is 0. The zero-order chi connectivity index (χ0) is 23.1. The highest BCUT2D eigenvalue weighted by Gasteiger charge is 2.30. The van der Waals surface area contributed by atoms with E-state index in [0.29, 0.717) is 19.4 Å². The molecule has 0 radical (unpaired) electrons. The summed E-state index contributed by atoms with van der Waals surface area (Å²) in [5, 5.41) is 3.25. The Kier molecular flexibility index (Phi) is 8.49. The van der Waals surface area contributed by atoms with E-state index in [9.17, 15) is 9.59 Å². The number of amides is 2. The number of nitrogens with one attached hydrogen (secondary N) is 1. The smallest absolute Gasteiger partial charge is 0.243 e. The number of benzene rings is 2. The van der Waals surface area contributed by atoms with Crippen LogP contribution in [-0.4, -0.2) is 28.8 Å². The molecule has 1 N–H and O–H groups in total. The fourth-order valence-electron chi connectivity index (χ4n) is 4.80. The number of hydrogen-bond donors (Lipinski definition) is 1. The molecule has 2 amide bonds. The lowest BCUT2D eigenvalue weighted by molar-refractivity contribution is -0.141. The van der Waals surface area contributed by atoms with Gasteiger partial charge in [-0.25, -0.2) is 0 Å². The first kappa shape index (κ1) is 24.0. The van der Waals surface area contributed by atoms with Gasteiger partial charge in [0.1, 0.15) is 6.04 Å². The molecule has 0 heterocycles. The van der Waals surface area contributed by atoms with E-state index in [-0.39, 0.29) is 17.9 Å². The Morgan fingerprint density at radius 2 is 1.53 bits per heavy atom. The molecule has 4 heteroatoms. The summed E-state index contributed by atoms with van der Waals surface area (Å²) < 4.78 is 0. The van der Waals surface area contributed by atoms with Crippen molar-refractivity contribution in [3.05, 3.63) is 70.3 Å². The summed E-state index contributed by atoms with van der Waals surface area (Å²) in [6.07, 6.45) is 6.57. The van der Waals surface area contributed by atoms with Gasteiger partial charge in [0.05, 0.1) is 6.42 Å². The second-order valence-corrected chi connectivity index (χ2v) is 9.45. The average Bonchev–Trinajstić information content (AvgIpc) is 2.75. The van der Waals surface area contributed by atoms with Crippen molar-refractivity contribution < 1.29 is 9.59 Å². The van der Waals surface area contributed by atoms with Gasteiger partial charge in [0, 0.05) is 12.6 Å². The molecule has 0 bridgehead atoms. The first-order valence-corrected chi connectivity index (χ1v) is 12.1. The molecular weight excluding hydrogens is 396 g/mol. The standard InChI is InChI=1S/C28H38N2O2/c1-5-26(28(32)29-25-9-7-6-8-10-25)30(19-23-13-11-20(2)12-14-23)27(31)18-24-16-21(3)15-22(4)17-24/h11-17,25-26H,5-10,18-19H2,1-4H3,(H,29,32)/t26-/m0/s1. The largest absolute Gasteiger partial charge is 0.352 e. The maximum atomic E-state index is 13.5. The molecule has 0 aliphatic heterocycles. The van der Waals surface area contributed by atoms with Gasteiger partial charge in [-0.05, 0) is 51.2 Å². The SMILES string of the molecule is CC[C@@H](C(=O)NC1CCCCC1)N(Cc1ccc(C)cc1)C(=O)Cc1cc(C)cc(C)c1. The Morgan fingerprint density at radius 1 is 0.906 bits per heavy atom. The minimum absolute atomic E-state index is 0.00113. The van der Waals surface area contributed by atoms with Crippen molar-refractivity contribution in [3.8, 4) is 0 Å². The maximum Gasteiger partial charge on any atom is 0.243 e. The highest BCUT2D eigenvalue weighted by Crippen LogP contribution is 2.20. The molecule has 0 saturated heterocycles. The van der Waals surface area contributed by atoms with Gasteiger partial charge >= 0.3 is 0 Å². The van der Waals surface area contributed by atoms with Crippen LogP contribution in [0.4, 0.5) is 0 Å². The Bertz CT molecular complexity index is 893.